The van der Waals surface area contributed by atoms with Crippen molar-refractivity contribution in [1.82, 2.24) is 10.3 Å². The summed E-state index contributed by atoms with van der Waals surface area (Å²) in [5.41, 5.74) is 1.52. The fraction of sp³-hybridized carbons (Fsp3) is 0.643. The molecule has 3 heteroatoms. The van der Waals surface area contributed by atoms with Crippen LogP contribution in [0.4, 0.5) is 5.82 Å². The van der Waals surface area contributed by atoms with Crippen LogP contribution in [-0.4, -0.2) is 24.1 Å². The molecule has 2 N–H and O–H groups in total. The van der Waals surface area contributed by atoms with Gasteiger partial charge in [-0.15, -0.1) is 0 Å². The van der Waals surface area contributed by atoms with Crippen LogP contribution in [0.15, 0.2) is 18.3 Å². The maximum absolute atomic E-state index is 4.42. The molecule has 94 valence electrons. The summed E-state index contributed by atoms with van der Waals surface area (Å²) in [5, 5.41) is 6.92. The Kier molecular flexibility index (Phi) is 3.67. The maximum atomic E-state index is 4.42. The number of rotatable bonds is 2. The van der Waals surface area contributed by atoms with E-state index in [-0.39, 0.29) is 5.41 Å². The minimum atomic E-state index is 0.188. The van der Waals surface area contributed by atoms with E-state index < -0.39 is 0 Å². The first kappa shape index (κ1) is 12.4. The molecular formula is C14H23N3. The minimum absolute atomic E-state index is 0.188. The molecule has 1 saturated heterocycles. The summed E-state index contributed by atoms with van der Waals surface area (Å²) in [6.45, 7) is 8.91. The molecule has 1 aromatic heterocycles. The lowest BCUT2D eigenvalue weighted by molar-refractivity contribution is 0.478. The molecule has 1 aromatic rings. The third kappa shape index (κ3) is 3.43. The van der Waals surface area contributed by atoms with E-state index in [1.54, 1.807) is 0 Å². The molecule has 1 aliphatic rings. The molecule has 0 unspecified atom stereocenters. The van der Waals surface area contributed by atoms with Crippen LogP contribution < -0.4 is 10.6 Å². The van der Waals surface area contributed by atoms with Gasteiger partial charge in [0.15, 0.2) is 0 Å². The first-order valence-corrected chi connectivity index (χ1v) is 6.49. The number of hydrogen-bond acceptors (Lipinski definition) is 3. The van der Waals surface area contributed by atoms with Gasteiger partial charge in [-0.3, -0.25) is 0 Å². The highest BCUT2D eigenvalue weighted by molar-refractivity contribution is 5.40. The molecule has 0 radical (unpaired) electrons. The molecule has 1 fully saturated rings. The van der Waals surface area contributed by atoms with Gasteiger partial charge in [0.2, 0.25) is 0 Å². The molecule has 2 heterocycles. The van der Waals surface area contributed by atoms with Gasteiger partial charge in [-0.2, -0.15) is 0 Å². The zero-order valence-electron chi connectivity index (χ0n) is 11.1. The predicted octanol–water partition coefficient (Wildman–Crippen LogP) is 2.54. The van der Waals surface area contributed by atoms with Crippen LogP contribution in [0.1, 0.15) is 39.2 Å². The Morgan fingerprint density at radius 1 is 1.29 bits per heavy atom. The molecule has 1 aliphatic heterocycles. The third-order valence-electron chi connectivity index (χ3n) is 3.32. The van der Waals surface area contributed by atoms with Crippen molar-refractivity contribution >= 4 is 5.82 Å². The second-order valence-electron chi connectivity index (χ2n) is 5.85. The molecular weight excluding hydrogens is 210 g/mol. The molecule has 2 rings (SSSR count). The lowest BCUT2D eigenvalue weighted by atomic mass is 9.88. The van der Waals surface area contributed by atoms with Gasteiger partial charge in [0.05, 0.1) is 0 Å². The third-order valence-corrected chi connectivity index (χ3v) is 3.32. The summed E-state index contributed by atoms with van der Waals surface area (Å²) in [4.78, 5) is 4.42. The first-order chi connectivity index (χ1) is 8.05. The second kappa shape index (κ2) is 5.05. The van der Waals surface area contributed by atoms with Gasteiger partial charge in [0.25, 0.3) is 0 Å². The largest absolute Gasteiger partial charge is 0.367 e. The molecule has 0 bridgehead atoms. The lowest BCUT2D eigenvalue weighted by Gasteiger charge is -2.25. The Morgan fingerprint density at radius 2 is 2.00 bits per heavy atom. The number of piperidine rings is 1. The average molecular weight is 233 g/mol. The van der Waals surface area contributed by atoms with Crippen molar-refractivity contribution in [2.24, 2.45) is 0 Å². The van der Waals surface area contributed by atoms with E-state index in [4.69, 9.17) is 0 Å². The van der Waals surface area contributed by atoms with Crippen LogP contribution in [0.3, 0.4) is 0 Å². The zero-order valence-corrected chi connectivity index (χ0v) is 11.1. The van der Waals surface area contributed by atoms with E-state index in [0.717, 1.165) is 18.9 Å². The number of hydrogen-bond donors (Lipinski definition) is 2. The minimum Gasteiger partial charge on any atom is -0.367 e. The Hall–Kier alpha value is -1.09. The van der Waals surface area contributed by atoms with Crippen molar-refractivity contribution < 1.29 is 0 Å². The van der Waals surface area contributed by atoms with Gasteiger partial charge in [-0.1, -0.05) is 20.8 Å². The van der Waals surface area contributed by atoms with E-state index in [9.17, 15) is 0 Å². The van der Waals surface area contributed by atoms with Gasteiger partial charge in [0, 0.05) is 12.2 Å². The molecule has 0 atom stereocenters. The van der Waals surface area contributed by atoms with Crippen molar-refractivity contribution in [3.63, 3.8) is 0 Å². The summed E-state index contributed by atoms with van der Waals surface area (Å²) in [6.07, 6.45) is 4.27. The lowest BCUT2D eigenvalue weighted by Crippen LogP contribution is -2.35. The van der Waals surface area contributed by atoms with Gasteiger partial charge < -0.3 is 10.6 Å². The maximum Gasteiger partial charge on any atom is 0.126 e. The SMILES string of the molecule is CC(C)(C)c1ccnc(NC2CCNCC2)c1. The van der Waals surface area contributed by atoms with Crippen LogP contribution in [0, 0.1) is 0 Å². The van der Waals surface area contributed by atoms with E-state index in [0.29, 0.717) is 6.04 Å². The summed E-state index contributed by atoms with van der Waals surface area (Å²) in [6, 6.07) is 4.86. The fourth-order valence-corrected chi connectivity index (χ4v) is 2.15. The van der Waals surface area contributed by atoms with E-state index in [2.05, 4.69) is 48.5 Å². The highest BCUT2D eigenvalue weighted by atomic mass is 15.0. The van der Waals surface area contributed by atoms with Crippen molar-refractivity contribution in [2.75, 3.05) is 18.4 Å². The summed E-state index contributed by atoms with van der Waals surface area (Å²) < 4.78 is 0. The van der Waals surface area contributed by atoms with Crippen molar-refractivity contribution in [3.8, 4) is 0 Å². The molecule has 0 amide bonds. The van der Waals surface area contributed by atoms with Gasteiger partial charge in [0.1, 0.15) is 5.82 Å². The Balaban J connectivity index is 2.05. The number of nitrogens with zero attached hydrogens (tertiary/aromatic N) is 1. The number of nitrogens with one attached hydrogen (secondary N) is 2. The van der Waals surface area contributed by atoms with Gasteiger partial charge in [-0.05, 0) is 49.0 Å². The van der Waals surface area contributed by atoms with Crippen LogP contribution in [0.5, 0.6) is 0 Å². The topological polar surface area (TPSA) is 37.0 Å². The zero-order chi connectivity index (χ0) is 12.3. The molecule has 0 saturated carbocycles. The van der Waals surface area contributed by atoms with Crippen LogP contribution >= 0.6 is 0 Å². The smallest absolute Gasteiger partial charge is 0.126 e. The Bertz CT molecular complexity index is 362. The Labute approximate surface area is 104 Å². The standard InChI is InChI=1S/C14H23N3/c1-14(2,3)11-4-9-16-13(10-11)17-12-5-7-15-8-6-12/h4,9-10,12,15H,5-8H2,1-3H3,(H,16,17). The highest BCUT2D eigenvalue weighted by Crippen LogP contribution is 2.24. The second-order valence-corrected chi connectivity index (χ2v) is 5.85. The van der Waals surface area contributed by atoms with Crippen molar-refractivity contribution in [1.29, 1.82) is 0 Å². The predicted molar refractivity (Wildman–Crippen MR) is 72.5 cm³/mol. The van der Waals surface area contributed by atoms with Gasteiger partial charge >= 0.3 is 0 Å². The van der Waals surface area contributed by atoms with Gasteiger partial charge in [-0.25, -0.2) is 4.98 Å². The highest BCUT2D eigenvalue weighted by Gasteiger charge is 2.16. The summed E-state index contributed by atoms with van der Waals surface area (Å²) >= 11 is 0. The van der Waals surface area contributed by atoms with Crippen LogP contribution in [-0.2, 0) is 5.41 Å². The molecule has 0 aromatic carbocycles. The van der Waals surface area contributed by atoms with E-state index in [1.165, 1.54) is 18.4 Å². The first-order valence-electron chi connectivity index (χ1n) is 6.49. The summed E-state index contributed by atoms with van der Waals surface area (Å²) in [7, 11) is 0. The quantitative estimate of drug-likeness (QED) is 0.824. The number of pyridine rings is 1. The van der Waals surface area contributed by atoms with Crippen molar-refractivity contribution in [3.05, 3.63) is 23.9 Å². The van der Waals surface area contributed by atoms with Crippen LogP contribution in [0.2, 0.25) is 0 Å². The average Bonchev–Trinajstić information content (AvgIpc) is 2.29. The number of aromatic nitrogens is 1. The summed E-state index contributed by atoms with van der Waals surface area (Å²) in [5.74, 6) is 1.02. The van der Waals surface area contributed by atoms with E-state index >= 15 is 0 Å². The van der Waals surface area contributed by atoms with E-state index in [1.807, 2.05) is 6.20 Å². The van der Waals surface area contributed by atoms with Crippen LogP contribution in [0.25, 0.3) is 0 Å². The number of anilines is 1. The monoisotopic (exact) mass is 233 g/mol. The fourth-order valence-electron chi connectivity index (χ4n) is 2.15. The molecule has 0 spiro atoms. The van der Waals surface area contributed by atoms with Crippen molar-refractivity contribution in [2.45, 2.75) is 45.1 Å². The Morgan fingerprint density at radius 3 is 2.65 bits per heavy atom. The molecule has 3 nitrogen and oxygen atoms in total. The molecule has 17 heavy (non-hydrogen) atoms. The molecule has 0 aliphatic carbocycles. The normalized spacial score (nSPS) is 18.1.